The van der Waals surface area contributed by atoms with Crippen molar-refractivity contribution in [3.05, 3.63) is 54.1 Å². The highest BCUT2D eigenvalue weighted by Crippen LogP contribution is 2.40. The lowest BCUT2D eigenvalue weighted by molar-refractivity contribution is -0.0457. The first-order chi connectivity index (χ1) is 14.5. The third kappa shape index (κ3) is 3.69. The van der Waals surface area contributed by atoms with Crippen LogP contribution < -0.4 is 4.90 Å². The predicted molar refractivity (Wildman–Crippen MR) is 116 cm³/mol. The average Bonchev–Trinajstić information content (AvgIpc) is 2.76. The van der Waals surface area contributed by atoms with Gasteiger partial charge in [0.05, 0.1) is 4.90 Å². The number of fused-ring (bicyclic) bond motifs is 1. The van der Waals surface area contributed by atoms with Gasteiger partial charge in [-0.1, -0.05) is 25.1 Å². The zero-order valence-electron chi connectivity index (χ0n) is 17.4. The zero-order valence-corrected chi connectivity index (χ0v) is 18.3. The van der Waals surface area contributed by atoms with Crippen molar-refractivity contribution in [3.63, 3.8) is 0 Å². The summed E-state index contributed by atoms with van der Waals surface area (Å²) in [5, 5.41) is 9.53. The number of nitrogens with zero attached hydrogens (tertiary/aromatic N) is 3. The molecule has 0 radical (unpaired) electrons. The highest BCUT2D eigenvalue weighted by molar-refractivity contribution is 7.89. The van der Waals surface area contributed by atoms with Crippen molar-refractivity contribution in [2.75, 3.05) is 44.7 Å². The molecule has 0 spiro atoms. The molecular formula is C22H29N3O4S. The maximum atomic E-state index is 13.4. The third-order valence-electron chi connectivity index (χ3n) is 5.98. The Morgan fingerprint density at radius 3 is 2.33 bits per heavy atom. The summed E-state index contributed by atoms with van der Waals surface area (Å²) < 4.78 is 34.4. The van der Waals surface area contributed by atoms with Crippen LogP contribution in [0.1, 0.15) is 25.0 Å². The molecule has 0 amide bonds. The first-order valence-electron chi connectivity index (χ1n) is 10.4. The minimum Gasteiger partial charge on any atom is -0.508 e. The van der Waals surface area contributed by atoms with Gasteiger partial charge in [0.2, 0.25) is 10.0 Å². The summed E-state index contributed by atoms with van der Waals surface area (Å²) in [5.74, 6) is 0.251. The molecule has 2 aromatic carbocycles. The molecule has 162 valence electrons. The number of phenolic OH excluding ortho intramolecular Hbond substituents is 1. The van der Waals surface area contributed by atoms with Gasteiger partial charge in [0.25, 0.3) is 0 Å². The van der Waals surface area contributed by atoms with Gasteiger partial charge in [0, 0.05) is 51.1 Å². The Bertz CT molecular complexity index is 972. The number of aromatic hydroxyl groups is 1. The molecule has 0 bridgehead atoms. The molecule has 0 aromatic heterocycles. The fourth-order valence-corrected chi connectivity index (χ4v) is 6.47. The highest BCUT2D eigenvalue weighted by atomic mass is 32.2. The van der Waals surface area contributed by atoms with Crippen molar-refractivity contribution >= 4 is 15.7 Å². The van der Waals surface area contributed by atoms with E-state index in [1.807, 2.05) is 31.2 Å². The fourth-order valence-electron chi connectivity index (χ4n) is 4.53. The van der Waals surface area contributed by atoms with E-state index in [0.29, 0.717) is 11.4 Å². The van der Waals surface area contributed by atoms with Crippen LogP contribution in [0.15, 0.2) is 53.4 Å². The van der Waals surface area contributed by atoms with Gasteiger partial charge >= 0.3 is 0 Å². The van der Waals surface area contributed by atoms with Crippen molar-refractivity contribution in [2.24, 2.45) is 0 Å². The molecule has 2 heterocycles. The molecule has 2 aliphatic rings. The Kier molecular flexibility index (Phi) is 6.02. The minimum absolute atomic E-state index is 0.251. The van der Waals surface area contributed by atoms with Crippen LogP contribution in [0, 0.1) is 0 Å². The molecule has 1 saturated heterocycles. The normalized spacial score (nSPS) is 24.5. The monoisotopic (exact) mass is 431 g/mol. The van der Waals surface area contributed by atoms with E-state index in [9.17, 15) is 13.5 Å². The summed E-state index contributed by atoms with van der Waals surface area (Å²) in [5.41, 5.74) is 1.79. The Morgan fingerprint density at radius 2 is 1.70 bits per heavy atom. The van der Waals surface area contributed by atoms with Crippen LogP contribution in [-0.4, -0.2) is 68.7 Å². The second-order valence-corrected chi connectivity index (χ2v) is 9.62. The van der Waals surface area contributed by atoms with Crippen LogP contribution in [0.3, 0.4) is 0 Å². The van der Waals surface area contributed by atoms with Gasteiger partial charge in [-0.2, -0.15) is 4.31 Å². The number of anilines is 1. The molecule has 2 unspecified atom stereocenters. The molecule has 2 aromatic rings. The van der Waals surface area contributed by atoms with Crippen molar-refractivity contribution in [3.8, 4) is 5.75 Å². The van der Waals surface area contributed by atoms with Gasteiger partial charge in [0.1, 0.15) is 18.0 Å². The summed E-state index contributed by atoms with van der Waals surface area (Å²) in [4.78, 5) is 4.84. The van der Waals surface area contributed by atoms with Crippen molar-refractivity contribution < 1.29 is 18.3 Å². The van der Waals surface area contributed by atoms with E-state index in [2.05, 4.69) is 9.80 Å². The maximum Gasteiger partial charge on any atom is 0.244 e. The molecule has 1 N–H and O–H groups in total. The lowest BCUT2D eigenvalue weighted by Crippen LogP contribution is -2.61. The van der Waals surface area contributed by atoms with E-state index >= 15 is 0 Å². The minimum atomic E-state index is -3.59. The number of benzene rings is 2. The molecular weight excluding hydrogens is 402 g/mol. The van der Waals surface area contributed by atoms with Crippen LogP contribution in [-0.2, 0) is 14.8 Å². The van der Waals surface area contributed by atoms with Gasteiger partial charge in [-0.15, -0.1) is 0 Å². The molecule has 0 saturated carbocycles. The van der Waals surface area contributed by atoms with Crippen LogP contribution in [0.5, 0.6) is 5.75 Å². The predicted octanol–water partition coefficient (Wildman–Crippen LogP) is 2.64. The molecule has 30 heavy (non-hydrogen) atoms. The standard InChI is InChI=1S/C22H29N3O4S/c1-3-12-25-22(21(29-2)19-6-4-5-7-20(19)30(25,27)28)24-15-13-23(14-16-24)17-8-10-18(26)11-9-17/h4-11,21-22,26H,3,12-16H2,1-2H3. The van der Waals surface area contributed by atoms with Crippen molar-refractivity contribution in [2.45, 2.75) is 30.5 Å². The van der Waals surface area contributed by atoms with Crippen LogP contribution in [0.25, 0.3) is 0 Å². The smallest absolute Gasteiger partial charge is 0.244 e. The quantitative estimate of drug-likeness (QED) is 0.785. The molecule has 2 aliphatic heterocycles. The topological polar surface area (TPSA) is 73.3 Å². The second kappa shape index (κ2) is 8.55. The number of ether oxygens (including phenoxy) is 1. The number of phenols is 1. The van der Waals surface area contributed by atoms with Crippen molar-refractivity contribution in [1.29, 1.82) is 0 Å². The number of hydrogen-bond acceptors (Lipinski definition) is 6. The van der Waals surface area contributed by atoms with E-state index in [0.717, 1.165) is 43.9 Å². The lowest BCUT2D eigenvalue weighted by Gasteiger charge is -2.48. The SMILES string of the molecule is CCCN1C(N2CCN(c3ccc(O)cc3)CC2)C(OC)c2ccccc2S1(=O)=O. The second-order valence-electron chi connectivity index (χ2n) is 7.76. The first kappa shape index (κ1) is 21.1. The fraction of sp³-hybridized carbons (Fsp3) is 0.455. The van der Waals surface area contributed by atoms with Gasteiger partial charge in [0.15, 0.2) is 0 Å². The Labute approximate surface area is 178 Å². The van der Waals surface area contributed by atoms with E-state index in [-0.39, 0.29) is 18.0 Å². The number of rotatable bonds is 5. The van der Waals surface area contributed by atoms with Crippen LogP contribution >= 0.6 is 0 Å². The molecule has 0 aliphatic carbocycles. The molecule has 2 atom stereocenters. The van der Waals surface area contributed by atoms with E-state index in [1.54, 1.807) is 35.7 Å². The number of hydrogen-bond donors (Lipinski definition) is 1. The summed E-state index contributed by atoms with van der Waals surface area (Å²) in [6.45, 7) is 5.46. The van der Waals surface area contributed by atoms with Crippen LogP contribution in [0.2, 0.25) is 0 Å². The van der Waals surface area contributed by atoms with Crippen LogP contribution in [0.4, 0.5) is 5.69 Å². The number of sulfonamides is 1. The molecule has 7 nitrogen and oxygen atoms in total. The lowest BCUT2D eigenvalue weighted by atomic mass is 10.0. The van der Waals surface area contributed by atoms with Gasteiger partial charge in [-0.05, 0) is 36.8 Å². The molecule has 1 fully saturated rings. The molecule has 4 rings (SSSR count). The largest absolute Gasteiger partial charge is 0.508 e. The Balaban J connectivity index is 1.62. The Morgan fingerprint density at radius 1 is 1.03 bits per heavy atom. The summed E-state index contributed by atoms with van der Waals surface area (Å²) in [6.07, 6.45) is 0.0373. The van der Waals surface area contributed by atoms with Gasteiger partial charge in [-0.3, -0.25) is 4.90 Å². The third-order valence-corrected chi connectivity index (χ3v) is 7.92. The maximum absolute atomic E-state index is 13.4. The van der Waals surface area contributed by atoms with Gasteiger partial charge in [-0.25, -0.2) is 8.42 Å². The molecule has 8 heteroatoms. The number of piperazine rings is 1. The van der Waals surface area contributed by atoms with Gasteiger partial charge < -0.3 is 14.7 Å². The first-order valence-corrected chi connectivity index (χ1v) is 11.8. The van der Waals surface area contributed by atoms with Crippen molar-refractivity contribution in [1.82, 2.24) is 9.21 Å². The zero-order chi connectivity index (χ0) is 21.3. The van der Waals surface area contributed by atoms with E-state index in [4.69, 9.17) is 4.74 Å². The van der Waals surface area contributed by atoms with E-state index < -0.39 is 10.0 Å². The number of methoxy groups -OCH3 is 1. The summed E-state index contributed by atoms with van der Waals surface area (Å²) in [6, 6.07) is 14.4. The summed E-state index contributed by atoms with van der Waals surface area (Å²) >= 11 is 0. The Hall–Kier alpha value is -2.13. The average molecular weight is 432 g/mol. The summed E-state index contributed by atoms with van der Waals surface area (Å²) in [7, 11) is -1.93. The highest BCUT2D eigenvalue weighted by Gasteiger charge is 2.47. The van der Waals surface area contributed by atoms with E-state index in [1.165, 1.54) is 0 Å².